The molecule has 12 heteroatoms. The van der Waals surface area contributed by atoms with Crippen molar-refractivity contribution in [2.24, 2.45) is 0 Å². The van der Waals surface area contributed by atoms with Gasteiger partial charge in [0.15, 0.2) is 12.6 Å². The van der Waals surface area contributed by atoms with E-state index < -0.39 is 74.6 Å². The molecule has 0 aromatic heterocycles. The number of aliphatic hydroxyl groups is 7. The van der Waals surface area contributed by atoms with E-state index in [9.17, 15) is 35.7 Å². The summed E-state index contributed by atoms with van der Waals surface area (Å²) in [5, 5.41) is 70.0. The van der Waals surface area contributed by atoms with Crippen LogP contribution in [-0.2, 0) is 23.7 Å². The number of hydrogen-bond acceptors (Lipinski definition) is 12. The highest BCUT2D eigenvalue weighted by Gasteiger charge is 2.47. The molecule has 0 saturated carbocycles. The maximum Gasteiger partial charge on any atom is 0.186 e. The third kappa shape index (κ3) is 13.3. The van der Waals surface area contributed by atoms with Crippen LogP contribution in [0.15, 0.2) is 0 Å². The first kappa shape index (κ1) is 37.7. The maximum atomic E-state index is 10.3. The zero-order valence-corrected chi connectivity index (χ0v) is 25.4. The SMILES string of the molecule is CCCCCCCCCCCCCCCCOCCO[C@H]1O[C@H](CO[C@@H]2O[C@H](CO)[C@H](O)[C@H](O)[C@H]2O)[C@@H](O)[C@H](O)[C@H]1O. The molecular weight excluding hydrogens is 552 g/mol. The molecule has 250 valence electrons. The van der Waals surface area contributed by atoms with Gasteiger partial charge in [0.1, 0.15) is 48.8 Å². The first-order valence-corrected chi connectivity index (χ1v) is 16.1. The van der Waals surface area contributed by atoms with Gasteiger partial charge < -0.3 is 59.4 Å². The number of rotatable bonds is 23. The Morgan fingerprint density at radius 1 is 0.476 bits per heavy atom. The molecule has 0 aliphatic carbocycles. The van der Waals surface area contributed by atoms with E-state index in [1.54, 1.807) is 0 Å². The van der Waals surface area contributed by atoms with Crippen molar-refractivity contribution in [2.45, 2.75) is 158 Å². The summed E-state index contributed by atoms with van der Waals surface area (Å²) < 4.78 is 27.4. The summed E-state index contributed by atoms with van der Waals surface area (Å²) in [6, 6.07) is 0. The third-order valence-corrected chi connectivity index (χ3v) is 8.09. The second-order valence-corrected chi connectivity index (χ2v) is 11.6. The summed E-state index contributed by atoms with van der Waals surface area (Å²) in [5.41, 5.74) is 0. The Labute approximate surface area is 250 Å². The van der Waals surface area contributed by atoms with Gasteiger partial charge in [0.05, 0.1) is 26.4 Å². The zero-order chi connectivity index (χ0) is 30.7. The maximum absolute atomic E-state index is 10.3. The molecule has 2 saturated heterocycles. The molecular formula is C30H58O12. The van der Waals surface area contributed by atoms with Crippen molar-refractivity contribution < 1.29 is 59.4 Å². The van der Waals surface area contributed by atoms with Crippen LogP contribution >= 0.6 is 0 Å². The summed E-state index contributed by atoms with van der Waals surface area (Å²) in [7, 11) is 0. The van der Waals surface area contributed by atoms with Crippen molar-refractivity contribution in [1.82, 2.24) is 0 Å². The van der Waals surface area contributed by atoms with Crippen molar-refractivity contribution in [3.63, 3.8) is 0 Å². The van der Waals surface area contributed by atoms with E-state index in [1.807, 2.05) is 0 Å². The number of unbranched alkanes of at least 4 members (excludes halogenated alkanes) is 13. The molecule has 2 rings (SSSR count). The average molecular weight is 611 g/mol. The molecule has 12 nitrogen and oxygen atoms in total. The average Bonchev–Trinajstić information content (AvgIpc) is 2.99. The topological polar surface area (TPSA) is 188 Å². The van der Waals surface area contributed by atoms with Crippen molar-refractivity contribution in [1.29, 1.82) is 0 Å². The smallest absolute Gasteiger partial charge is 0.186 e. The predicted molar refractivity (Wildman–Crippen MR) is 153 cm³/mol. The first-order chi connectivity index (χ1) is 20.3. The van der Waals surface area contributed by atoms with Crippen LogP contribution in [-0.4, -0.2) is 130 Å². The van der Waals surface area contributed by atoms with Crippen LogP contribution in [0, 0.1) is 0 Å². The number of aliphatic hydroxyl groups excluding tert-OH is 7. The standard InChI is InChI=1S/C30H58O12/c1-2-3-4-5-6-7-8-9-10-11-12-13-14-15-16-38-17-18-39-29-27(36)26(35)24(33)22(42-29)20-40-30-28(37)25(34)23(32)21(19-31)41-30/h21-37H,2-20H2,1H3/t21-,22-,23+,24-,25+,26+,27-,28-,29+,30-/m1/s1. The normalized spacial score (nSPS) is 33.7. The summed E-state index contributed by atoms with van der Waals surface area (Å²) in [6.07, 6.45) is 3.68. The highest BCUT2D eigenvalue weighted by Crippen LogP contribution is 2.26. The molecule has 2 heterocycles. The molecule has 0 bridgehead atoms. The van der Waals surface area contributed by atoms with Crippen molar-refractivity contribution >= 4 is 0 Å². The van der Waals surface area contributed by atoms with Gasteiger partial charge in [-0.15, -0.1) is 0 Å². The van der Waals surface area contributed by atoms with Crippen molar-refractivity contribution in [3.05, 3.63) is 0 Å². The fraction of sp³-hybridized carbons (Fsp3) is 1.00. The van der Waals surface area contributed by atoms with Crippen LogP contribution in [0.2, 0.25) is 0 Å². The van der Waals surface area contributed by atoms with E-state index in [1.165, 1.54) is 77.0 Å². The third-order valence-electron chi connectivity index (χ3n) is 8.09. The molecule has 2 aliphatic rings. The zero-order valence-electron chi connectivity index (χ0n) is 25.4. The number of ether oxygens (including phenoxy) is 5. The van der Waals surface area contributed by atoms with Gasteiger partial charge in [-0.2, -0.15) is 0 Å². The molecule has 0 spiro atoms. The minimum Gasteiger partial charge on any atom is -0.394 e. The van der Waals surface area contributed by atoms with Crippen LogP contribution in [0.3, 0.4) is 0 Å². The molecule has 7 N–H and O–H groups in total. The van der Waals surface area contributed by atoms with Gasteiger partial charge in [-0.3, -0.25) is 0 Å². The van der Waals surface area contributed by atoms with Gasteiger partial charge in [-0.25, -0.2) is 0 Å². The molecule has 2 aliphatic heterocycles. The Hall–Kier alpha value is -0.480. The van der Waals surface area contributed by atoms with Gasteiger partial charge in [0.25, 0.3) is 0 Å². The Kier molecular flexibility index (Phi) is 19.8. The summed E-state index contributed by atoms with van der Waals surface area (Å²) in [4.78, 5) is 0. The quantitative estimate of drug-likeness (QED) is 0.0819. The molecule has 0 unspecified atom stereocenters. The summed E-state index contributed by atoms with van der Waals surface area (Å²) >= 11 is 0. The number of hydrogen-bond donors (Lipinski definition) is 7. The van der Waals surface area contributed by atoms with Crippen LogP contribution in [0.1, 0.15) is 96.8 Å². The van der Waals surface area contributed by atoms with Crippen LogP contribution in [0.4, 0.5) is 0 Å². The van der Waals surface area contributed by atoms with Gasteiger partial charge in [0.2, 0.25) is 0 Å². The van der Waals surface area contributed by atoms with Crippen molar-refractivity contribution in [2.75, 3.05) is 33.0 Å². The van der Waals surface area contributed by atoms with Crippen LogP contribution in [0.25, 0.3) is 0 Å². The van der Waals surface area contributed by atoms with Crippen LogP contribution in [0.5, 0.6) is 0 Å². The Morgan fingerprint density at radius 2 is 0.929 bits per heavy atom. The Bertz CT molecular complexity index is 656. The summed E-state index contributed by atoms with van der Waals surface area (Å²) in [6.45, 7) is 2.21. The fourth-order valence-electron chi connectivity index (χ4n) is 5.31. The molecule has 10 atom stereocenters. The van der Waals surface area contributed by atoms with E-state index in [0.29, 0.717) is 6.61 Å². The second kappa shape index (κ2) is 22.1. The van der Waals surface area contributed by atoms with Gasteiger partial charge in [-0.1, -0.05) is 90.4 Å². The molecule has 0 aromatic rings. The lowest BCUT2D eigenvalue weighted by atomic mass is 9.98. The second-order valence-electron chi connectivity index (χ2n) is 11.6. The van der Waals surface area contributed by atoms with E-state index in [0.717, 1.165) is 12.8 Å². The molecule has 42 heavy (non-hydrogen) atoms. The first-order valence-electron chi connectivity index (χ1n) is 16.1. The minimum atomic E-state index is -1.62. The fourth-order valence-corrected chi connectivity index (χ4v) is 5.31. The Morgan fingerprint density at radius 3 is 1.45 bits per heavy atom. The predicted octanol–water partition coefficient (Wildman–Crippen LogP) is 1.13. The summed E-state index contributed by atoms with van der Waals surface area (Å²) in [5.74, 6) is 0. The van der Waals surface area contributed by atoms with Gasteiger partial charge in [0, 0.05) is 6.61 Å². The lowest BCUT2D eigenvalue weighted by Crippen LogP contribution is -2.61. The van der Waals surface area contributed by atoms with E-state index in [2.05, 4.69) is 6.92 Å². The highest BCUT2D eigenvalue weighted by molar-refractivity contribution is 4.91. The molecule has 0 amide bonds. The van der Waals surface area contributed by atoms with Gasteiger partial charge >= 0.3 is 0 Å². The highest BCUT2D eigenvalue weighted by atomic mass is 16.7. The Balaban J connectivity index is 1.52. The van der Waals surface area contributed by atoms with E-state index in [-0.39, 0.29) is 13.2 Å². The minimum absolute atomic E-state index is 0.101. The largest absolute Gasteiger partial charge is 0.394 e. The van der Waals surface area contributed by atoms with E-state index >= 15 is 0 Å². The molecule has 0 aromatic carbocycles. The van der Waals surface area contributed by atoms with E-state index in [4.69, 9.17) is 23.7 Å². The molecule has 0 radical (unpaired) electrons. The van der Waals surface area contributed by atoms with Crippen LogP contribution < -0.4 is 0 Å². The molecule has 2 fully saturated rings. The van der Waals surface area contributed by atoms with Gasteiger partial charge in [-0.05, 0) is 6.42 Å². The lowest BCUT2D eigenvalue weighted by Gasteiger charge is -2.42. The monoisotopic (exact) mass is 610 g/mol. The van der Waals surface area contributed by atoms with Crippen molar-refractivity contribution in [3.8, 4) is 0 Å². The lowest BCUT2D eigenvalue weighted by molar-refractivity contribution is -0.331.